The Balaban J connectivity index is 1.71. The first-order chi connectivity index (χ1) is 14.7. The zero-order chi connectivity index (χ0) is 22.7. The normalized spacial score (nSPS) is 17.4. The number of nitrogens with zero attached hydrogens (tertiary/aromatic N) is 2. The van der Waals surface area contributed by atoms with Gasteiger partial charge in [-0.15, -0.1) is 0 Å². The van der Waals surface area contributed by atoms with Crippen molar-refractivity contribution in [3.63, 3.8) is 0 Å². The predicted molar refractivity (Wildman–Crippen MR) is 107 cm³/mol. The Morgan fingerprint density at radius 1 is 1.13 bits per heavy atom. The van der Waals surface area contributed by atoms with Gasteiger partial charge in [-0.2, -0.15) is 5.10 Å². The van der Waals surface area contributed by atoms with Gasteiger partial charge in [-0.25, -0.2) is 13.8 Å². The molecule has 0 radical (unpaired) electrons. The van der Waals surface area contributed by atoms with E-state index in [1.165, 1.54) is 20.2 Å². The summed E-state index contributed by atoms with van der Waals surface area (Å²) in [6.07, 6.45) is -0.390. The average molecular weight is 430 g/mol. The molecule has 162 valence electrons. The molecule has 3 atom stereocenters. The van der Waals surface area contributed by atoms with Crippen LogP contribution in [0.15, 0.2) is 47.6 Å². The van der Waals surface area contributed by atoms with Gasteiger partial charge in [0.25, 0.3) is 11.8 Å². The highest BCUT2D eigenvalue weighted by Gasteiger charge is 2.31. The van der Waals surface area contributed by atoms with E-state index in [1.54, 1.807) is 24.3 Å². The third-order valence-electron chi connectivity index (χ3n) is 4.73. The minimum absolute atomic E-state index is 0.297. The molecule has 31 heavy (non-hydrogen) atoms. The summed E-state index contributed by atoms with van der Waals surface area (Å²) in [5.41, 5.74) is 0.878. The number of benzene rings is 2. The van der Waals surface area contributed by atoms with Crippen LogP contribution < -0.4 is 10.6 Å². The van der Waals surface area contributed by atoms with Gasteiger partial charge in [-0.05, 0) is 30.2 Å². The van der Waals surface area contributed by atoms with Gasteiger partial charge >= 0.3 is 0 Å². The summed E-state index contributed by atoms with van der Waals surface area (Å²) in [7, 11) is 1.45. The van der Waals surface area contributed by atoms with Crippen LogP contribution in [0.25, 0.3) is 0 Å². The highest BCUT2D eigenvalue weighted by Crippen LogP contribution is 2.22. The lowest BCUT2D eigenvalue weighted by atomic mass is 10.00. The molecule has 0 saturated carbocycles. The van der Waals surface area contributed by atoms with Crippen molar-refractivity contribution in [2.75, 3.05) is 7.05 Å². The number of halogens is 2. The number of aliphatic hydroxyl groups is 1. The number of hydrazone groups is 1. The second-order valence-electron chi connectivity index (χ2n) is 7.01. The smallest absolute Gasteiger partial charge is 0.269 e. The van der Waals surface area contributed by atoms with E-state index in [9.17, 15) is 28.3 Å². The number of likely N-dealkylation sites (N-methyl/N-ethyl adjacent to an activating group) is 1. The van der Waals surface area contributed by atoms with Crippen molar-refractivity contribution in [3.8, 4) is 0 Å². The van der Waals surface area contributed by atoms with Crippen molar-refractivity contribution in [1.82, 2.24) is 15.6 Å². The highest BCUT2D eigenvalue weighted by molar-refractivity contribution is 5.96. The van der Waals surface area contributed by atoms with E-state index in [0.717, 1.165) is 17.1 Å². The van der Waals surface area contributed by atoms with Crippen LogP contribution in [0.5, 0.6) is 0 Å². The molecule has 1 heterocycles. The largest absolute Gasteiger partial charge is 0.378 e. The first kappa shape index (κ1) is 22.0. The van der Waals surface area contributed by atoms with Crippen molar-refractivity contribution in [2.24, 2.45) is 5.10 Å². The van der Waals surface area contributed by atoms with Crippen LogP contribution in [-0.2, 0) is 14.4 Å². The first-order valence-electron chi connectivity index (χ1n) is 9.32. The SMILES string of the molecule is CC(NC(=O)C(O)c1cc(F)cc(F)c1)C(=O)N[C@@H]1C(=O)N(C)N=Cc2ccccc21. The fourth-order valence-corrected chi connectivity index (χ4v) is 3.07. The van der Waals surface area contributed by atoms with Crippen molar-refractivity contribution >= 4 is 23.9 Å². The number of aliphatic hydroxyl groups excluding tert-OH is 1. The van der Waals surface area contributed by atoms with Crippen molar-refractivity contribution < 1.29 is 28.3 Å². The second kappa shape index (κ2) is 9.00. The summed E-state index contributed by atoms with van der Waals surface area (Å²) in [5, 5.41) is 20.0. The summed E-state index contributed by atoms with van der Waals surface area (Å²) in [6, 6.07) is 6.92. The van der Waals surface area contributed by atoms with Gasteiger partial charge in [-0.3, -0.25) is 14.4 Å². The molecule has 8 nitrogen and oxygen atoms in total. The van der Waals surface area contributed by atoms with Gasteiger partial charge in [0.05, 0.1) is 6.21 Å². The number of hydrogen-bond acceptors (Lipinski definition) is 5. The molecule has 3 rings (SSSR count). The standard InChI is InChI=1S/C21H20F2N4O4/c1-11(25-20(30)18(28)13-7-14(22)9-15(23)8-13)19(29)26-17-16-6-4-3-5-12(16)10-24-27(2)21(17)31/h3-11,17-18,28H,1-2H3,(H,25,30)(H,26,29)/t11?,17-,18?/m0/s1. The molecule has 2 aromatic rings. The lowest BCUT2D eigenvalue weighted by Gasteiger charge is -2.23. The van der Waals surface area contributed by atoms with Crippen LogP contribution in [0.2, 0.25) is 0 Å². The van der Waals surface area contributed by atoms with Crippen LogP contribution in [-0.4, -0.2) is 47.1 Å². The van der Waals surface area contributed by atoms with Crippen LogP contribution in [0.3, 0.4) is 0 Å². The van der Waals surface area contributed by atoms with Crippen LogP contribution in [0, 0.1) is 11.6 Å². The van der Waals surface area contributed by atoms with E-state index >= 15 is 0 Å². The van der Waals surface area contributed by atoms with Gasteiger partial charge in [0.1, 0.15) is 23.7 Å². The Kier molecular flexibility index (Phi) is 6.40. The molecule has 1 aliphatic heterocycles. The molecular weight excluding hydrogens is 410 g/mol. The van der Waals surface area contributed by atoms with Gasteiger partial charge in [0, 0.05) is 18.7 Å². The Morgan fingerprint density at radius 3 is 2.45 bits per heavy atom. The third-order valence-corrected chi connectivity index (χ3v) is 4.73. The monoisotopic (exact) mass is 430 g/mol. The summed E-state index contributed by atoms with van der Waals surface area (Å²) < 4.78 is 26.7. The molecule has 0 bridgehead atoms. The third kappa shape index (κ3) is 4.92. The van der Waals surface area contributed by atoms with Gasteiger partial charge in [0.15, 0.2) is 6.10 Å². The molecule has 0 aromatic heterocycles. The van der Waals surface area contributed by atoms with Crippen LogP contribution in [0.4, 0.5) is 8.78 Å². The Bertz CT molecular complexity index is 1040. The average Bonchev–Trinajstić information content (AvgIpc) is 2.84. The maximum atomic E-state index is 13.3. The lowest BCUT2D eigenvalue weighted by molar-refractivity contribution is -0.137. The quantitative estimate of drug-likeness (QED) is 0.661. The summed E-state index contributed by atoms with van der Waals surface area (Å²) in [4.78, 5) is 37.6. The van der Waals surface area contributed by atoms with E-state index in [4.69, 9.17) is 0 Å². The number of rotatable bonds is 5. The zero-order valence-corrected chi connectivity index (χ0v) is 16.7. The molecule has 0 fully saturated rings. The van der Waals surface area contributed by atoms with Crippen LogP contribution in [0.1, 0.15) is 35.8 Å². The number of hydrogen-bond donors (Lipinski definition) is 3. The minimum Gasteiger partial charge on any atom is -0.378 e. The van der Waals surface area contributed by atoms with Gasteiger partial charge in [-0.1, -0.05) is 24.3 Å². The van der Waals surface area contributed by atoms with Gasteiger partial charge < -0.3 is 15.7 Å². The molecule has 3 amide bonds. The zero-order valence-electron chi connectivity index (χ0n) is 16.7. The number of fused-ring (bicyclic) bond motifs is 1. The first-order valence-corrected chi connectivity index (χ1v) is 9.32. The summed E-state index contributed by atoms with van der Waals surface area (Å²) in [6.45, 7) is 1.35. The van der Waals surface area contributed by atoms with Gasteiger partial charge in [0.2, 0.25) is 5.91 Å². The topological polar surface area (TPSA) is 111 Å². The molecular formula is C21H20F2N4O4. The van der Waals surface area contributed by atoms with Crippen molar-refractivity contribution in [1.29, 1.82) is 0 Å². The maximum Gasteiger partial charge on any atom is 0.269 e. The molecule has 0 aliphatic carbocycles. The van der Waals surface area contributed by atoms with E-state index in [0.29, 0.717) is 17.2 Å². The van der Waals surface area contributed by atoms with Crippen molar-refractivity contribution in [3.05, 3.63) is 70.8 Å². The Morgan fingerprint density at radius 2 is 1.77 bits per heavy atom. The molecule has 2 unspecified atom stereocenters. The molecule has 2 aromatic carbocycles. The molecule has 1 aliphatic rings. The Labute approximate surface area is 176 Å². The maximum absolute atomic E-state index is 13.3. The fourth-order valence-electron chi connectivity index (χ4n) is 3.07. The van der Waals surface area contributed by atoms with Crippen LogP contribution >= 0.6 is 0 Å². The van der Waals surface area contributed by atoms with E-state index < -0.39 is 47.5 Å². The van der Waals surface area contributed by atoms with E-state index in [2.05, 4.69) is 15.7 Å². The summed E-state index contributed by atoms with van der Waals surface area (Å²) in [5.74, 6) is -4.12. The fraction of sp³-hybridized carbons (Fsp3) is 0.238. The number of amides is 3. The Hall–Kier alpha value is -3.66. The minimum atomic E-state index is -1.89. The van der Waals surface area contributed by atoms with E-state index in [-0.39, 0.29) is 5.56 Å². The molecule has 10 heteroatoms. The highest BCUT2D eigenvalue weighted by atomic mass is 19.1. The molecule has 0 saturated heterocycles. The predicted octanol–water partition coefficient (Wildman–Crippen LogP) is 1.17. The molecule has 0 spiro atoms. The lowest BCUT2D eigenvalue weighted by Crippen LogP contribution is -2.49. The molecule has 3 N–H and O–H groups in total. The van der Waals surface area contributed by atoms with Crippen molar-refractivity contribution in [2.45, 2.75) is 25.1 Å². The number of carbonyl (C=O) groups excluding carboxylic acids is 3. The summed E-state index contributed by atoms with van der Waals surface area (Å²) >= 11 is 0. The van der Waals surface area contributed by atoms with E-state index in [1.807, 2.05) is 0 Å². The number of nitrogens with one attached hydrogen (secondary N) is 2. The number of carbonyl (C=O) groups is 3. The second-order valence-corrected chi connectivity index (χ2v) is 7.01.